The lowest BCUT2D eigenvalue weighted by Gasteiger charge is -2.54. The highest BCUT2D eigenvalue weighted by atomic mass is 16.5. The molecule has 0 spiro atoms. The van der Waals surface area contributed by atoms with Crippen molar-refractivity contribution in [1.29, 1.82) is 0 Å². The number of likely N-dealkylation sites (N-methyl/N-ethyl adjacent to an activating group) is 1. The van der Waals surface area contributed by atoms with Crippen molar-refractivity contribution in [2.24, 2.45) is 0 Å². The van der Waals surface area contributed by atoms with Gasteiger partial charge in [-0.3, -0.25) is 9.59 Å². The predicted octanol–water partition coefficient (Wildman–Crippen LogP) is 2.22. The minimum atomic E-state index is -0.538. The highest BCUT2D eigenvalue weighted by Crippen LogP contribution is 2.42. The number of carbonyl (C=O) groups is 2. The van der Waals surface area contributed by atoms with Crippen LogP contribution < -0.4 is 4.74 Å². The van der Waals surface area contributed by atoms with E-state index in [2.05, 4.69) is 0 Å². The molecule has 0 N–H and O–H groups in total. The molecule has 0 bridgehead atoms. The van der Waals surface area contributed by atoms with E-state index < -0.39 is 5.54 Å². The number of fused-ring (bicyclic) bond motifs is 1. The lowest BCUT2D eigenvalue weighted by Crippen LogP contribution is -2.67. The van der Waals surface area contributed by atoms with Gasteiger partial charge < -0.3 is 19.3 Å². The zero-order chi connectivity index (χ0) is 20.4. The molecule has 0 aliphatic carbocycles. The van der Waals surface area contributed by atoms with E-state index in [9.17, 15) is 9.59 Å². The first kappa shape index (κ1) is 19.5. The second kappa shape index (κ2) is 7.87. The summed E-state index contributed by atoms with van der Waals surface area (Å²) >= 11 is 0. The number of hydrogen-bond donors (Lipinski definition) is 0. The van der Waals surface area contributed by atoms with E-state index in [4.69, 9.17) is 9.47 Å². The third kappa shape index (κ3) is 3.49. The maximum absolute atomic E-state index is 13.0. The van der Waals surface area contributed by atoms with E-state index in [1.807, 2.05) is 71.4 Å². The fraction of sp³-hybridized carbons (Fsp3) is 0.391. The van der Waals surface area contributed by atoms with Crippen LogP contribution in [0.25, 0.3) is 0 Å². The zero-order valence-corrected chi connectivity index (χ0v) is 16.8. The maximum atomic E-state index is 13.0. The Morgan fingerprint density at radius 2 is 2.00 bits per heavy atom. The van der Waals surface area contributed by atoms with Crippen molar-refractivity contribution in [2.45, 2.75) is 24.5 Å². The molecule has 2 aliphatic rings. The number of rotatable bonds is 4. The molecule has 6 nitrogen and oxygen atoms in total. The van der Waals surface area contributed by atoms with Gasteiger partial charge in [0.25, 0.3) is 0 Å². The van der Waals surface area contributed by atoms with Crippen LogP contribution in [0.15, 0.2) is 54.6 Å². The van der Waals surface area contributed by atoms with Crippen LogP contribution in [0.1, 0.15) is 17.5 Å². The summed E-state index contributed by atoms with van der Waals surface area (Å²) in [5.41, 5.74) is 1.44. The van der Waals surface area contributed by atoms with Crippen LogP contribution in [0.3, 0.4) is 0 Å². The Hall–Kier alpha value is -2.86. The first-order valence-corrected chi connectivity index (χ1v) is 9.89. The van der Waals surface area contributed by atoms with E-state index >= 15 is 0 Å². The minimum Gasteiger partial charge on any atom is -0.497 e. The molecule has 2 aromatic carbocycles. The van der Waals surface area contributed by atoms with E-state index in [-0.39, 0.29) is 24.5 Å². The van der Waals surface area contributed by atoms with Gasteiger partial charge in [-0.15, -0.1) is 0 Å². The zero-order valence-electron chi connectivity index (χ0n) is 16.8. The molecule has 4 rings (SSSR count). The molecule has 2 heterocycles. The topological polar surface area (TPSA) is 59.1 Å². The predicted molar refractivity (Wildman–Crippen MR) is 109 cm³/mol. The molecule has 152 valence electrons. The van der Waals surface area contributed by atoms with Crippen LogP contribution >= 0.6 is 0 Å². The molecule has 6 heteroatoms. The molecule has 0 radical (unpaired) electrons. The number of likely N-dealkylation sites (tertiary alicyclic amines) is 1. The second-order valence-corrected chi connectivity index (χ2v) is 7.66. The Morgan fingerprint density at radius 3 is 2.76 bits per heavy atom. The molecule has 2 amide bonds. The van der Waals surface area contributed by atoms with Crippen molar-refractivity contribution in [3.8, 4) is 5.75 Å². The van der Waals surface area contributed by atoms with Crippen molar-refractivity contribution in [3.05, 3.63) is 65.7 Å². The van der Waals surface area contributed by atoms with Gasteiger partial charge in [0.1, 0.15) is 18.5 Å². The quantitative estimate of drug-likeness (QED) is 0.798. The Bertz CT molecular complexity index is 901. The van der Waals surface area contributed by atoms with Crippen molar-refractivity contribution in [1.82, 2.24) is 9.80 Å². The molecule has 2 aromatic rings. The van der Waals surface area contributed by atoms with Gasteiger partial charge in [-0.25, -0.2) is 0 Å². The molecule has 2 aliphatic heterocycles. The van der Waals surface area contributed by atoms with Gasteiger partial charge in [-0.05, 0) is 29.7 Å². The summed E-state index contributed by atoms with van der Waals surface area (Å²) in [6.07, 6.45) is 0.709. The number of amides is 2. The number of hydrogen-bond acceptors (Lipinski definition) is 4. The van der Waals surface area contributed by atoms with Gasteiger partial charge in [-0.1, -0.05) is 42.5 Å². The SMILES string of the molecule is COc1cccc(CC(=O)N2CC[C@]3(c4ccccc4)[C@@H](C2)OCC(=O)N3C)c1. The van der Waals surface area contributed by atoms with Crippen LogP contribution in [0.5, 0.6) is 5.75 Å². The molecule has 2 fully saturated rings. The molecule has 0 aromatic heterocycles. The summed E-state index contributed by atoms with van der Waals surface area (Å²) in [4.78, 5) is 29.1. The maximum Gasteiger partial charge on any atom is 0.249 e. The first-order valence-electron chi connectivity index (χ1n) is 9.89. The normalized spacial score (nSPS) is 24.2. The summed E-state index contributed by atoms with van der Waals surface area (Å²) in [6, 6.07) is 17.6. The average Bonchev–Trinajstić information content (AvgIpc) is 2.76. The van der Waals surface area contributed by atoms with Crippen molar-refractivity contribution >= 4 is 11.8 Å². The Kier molecular flexibility index (Phi) is 5.28. The highest BCUT2D eigenvalue weighted by molar-refractivity contribution is 5.81. The van der Waals surface area contributed by atoms with Crippen LogP contribution in [-0.2, 0) is 26.3 Å². The fourth-order valence-corrected chi connectivity index (χ4v) is 4.52. The molecular weight excluding hydrogens is 368 g/mol. The van der Waals surface area contributed by atoms with Crippen molar-refractivity contribution in [3.63, 3.8) is 0 Å². The summed E-state index contributed by atoms with van der Waals surface area (Å²) < 4.78 is 11.2. The van der Waals surface area contributed by atoms with Gasteiger partial charge in [0.05, 0.1) is 19.1 Å². The van der Waals surface area contributed by atoms with Crippen LogP contribution in [0.4, 0.5) is 0 Å². The van der Waals surface area contributed by atoms with Gasteiger partial charge >= 0.3 is 0 Å². The lowest BCUT2D eigenvalue weighted by molar-refractivity contribution is -0.184. The monoisotopic (exact) mass is 394 g/mol. The summed E-state index contributed by atoms with van der Waals surface area (Å²) in [5.74, 6) is 0.775. The Balaban J connectivity index is 1.55. The van der Waals surface area contributed by atoms with Crippen LogP contribution in [0.2, 0.25) is 0 Å². The number of carbonyl (C=O) groups excluding carboxylic acids is 2. The first-order chi connectivity index (χ1) is 14.0. The van der Waals surface area contributed by atoms with Crippen LogP contribution in [0, 0.1) is 0 Å². The van der Waals surface area contributed by atoms with Gasteiger partial charge in [0.2, 0.25) is 11.8 Å². The molecule has 2 saturated heterocycles. The number of benzene rings is 2. The number of ether oxygens (including phenoxy) is 2. The van der Waals surface area contributed by atoms with Gasteiger partial charge in [-0.2, -0.15) is 0 Å². The lowest BCUT2D eigenvalue weighted by atomic mass is 9.76. The molecule has 29 heavy (non-hydrogen) atoms. The summed E-state index contributed by atoms with van der Waals surface area (Å²) in [5, 5.41) is 0. The Labute approximate surface area is 171 Å². The standard InChI is InChI=1S/C23H26N2O4/c1-24-22(27)16-29-20-15-25(12-11-23(20,24)18-8-4-3-5-9-18)21(26)14-17-7-6-10-19(13-17)28-2/h3-10,13,20H,11-12,14-16H2,1-2H3/t20-,23+/m1/s1. The third-order valence-corrected chi connectivity index (χ3v) is 6.18. The van der Waals surface area contributed by atoms with E-state index in [0.717, 1.165) is 16.9 Å². The molecular formula is C23H26N2O4. The molecule has 0 unspecified atom stereocenters. The van der Waals surface area contributed by atoms with Crippen molar-refractivity contribution < 1.29 is 19.1 Å². The molecule has 0 saturated carbocycles. The van der Waals surface area contributed by atoms with Gasteiger partial charge in [0, 0.05) is 20.1 Å². The smallest absolute Gasteiger partial charge is 0.249 e. The minimum absolute atomic E-state index is 0.0266. The van der Waals surface area contributed by atoms with Crippen molar-refractivity contribution in [2.75, 3.05) is 33.9 Å². The number of morpholine rings is 1. The van der Waals surface area contributed by atoms with Gasteiger partial charge in [0.15, 0.2) is 0 Å². The van der Waals surface area contributed by atoms with E-state index in [1.54, 1.807) is 7.11 Å². The summed E-state index contributed by atoms with van der Waals surface area (Å²) in [6.45, 7) is 1.10. The largest absolute Gasteiger partial charge is 0.497 e. The Morgan fingerprint density at radius 1 is 1.21 bits per heavy atom. The molecule has 2 atom stereocenters. The summed E-state index contributed by atoms with van der Waals surface area (Å²) in [7, 11) is 3.46. The number of nitrogens with zero attached hydrogens (tertiary/aromatic N) is 2. The van der Waals surface area contributed by atoms with E-state index in [0.29, 0.717) is 25.9 Å². The number of piperidine rings is 1. The highest BCUT2D eigenvalue weighted by Gasteiger charge is 2.53. The van der Waals surface area contributed by atoms with E-state index in [1.165, 1.54) is 0 Å². The van der Waals surface area contributed by atoms with Crippen LogP contribution in [-0.4, -0.2) is 61.6 Å². The third-order valence-electron chi connectivity index (χ3n) is 6.18. The number of methoxy groups -OCH3 is 1. The fourth-order valence-electron chi connectivity index (χ4n) is 4.52. The second-order valence-electron chi connectivity index (χ2n) is 7.66. The average molecular weight is 394 g/mol.